The highest BCUT2D eigenvalue weighted by molar-refractivity contribution is 7.17. The zero-order chi connectivity index (χ0) is 17.9. The van der Waals surface area contributed by atoms with E-state index in [1.54, 1.807) is 18.4 Å². The van der Waals surface area contributed by atoms with E-state index in [0.717, 1.165) is 29.5 Å². The number of hydrogen-bond donors (Lipinski definition) is 1. The zero-order valence-electron chi connectivity index (χ0n) is 14.6. The van der Waals surface area contributed by atoms with Crippen LogP contribution in [0.5, 0.6) is 0 Å². The molecular formula is C21H23ClO2S. The summed E-state index contributed by atoms with van der Waals surface area (Å²) in [6.45, 7) is 2.59. The molecule has 0 saturated heterocycles. The molecule has 1 aromatic heterocycles. The van der Waals surface area contributed by atoms with E-state index in [2.05, 4.69) is 17.5 Å². The Morgan fingerprint density at radius 1 is 1.12 bits per heavy atom. The van der Waals surface area contributed by atoms with Gasteiger partial charge in [-0.2, -0.15) is 0 Å². The quantitative estimate of drug-likeness (QED) is 0.495. The van der Waals surface area contributed by atoms with Crippen LogP contribution in [0, 0.1) is 0 Å². The molecule has 0 bridgehead atoms. The SMILES string of the molecule is COCCCCC(C)(O)c1cccc(Cl)c1-c1csc2ccccc12. The molecule has 0 fully saturated rings. The van der Waals surface area contributed by atoms with Gasteiger partial charge in [0.15, 0.2) is 0 Å². The van der Waals surface area contributed by atoms with Crippen molar-refractivity contribution in [1.29, 1.82) is 0 Å². The van der Waals surface area contributed by atoms with Gasteiger partial charge in [0.25, 0.3) is 0 Å². The third-order valence-corrected chi connectivity index (χ3v) is 5.88. The number of unbranched alkanes of at least 4 members (excludes halogenated alkanes) is 1. The summed E-state index contributed by atoms with van der Waals surface area (Å²) in [6.07, 6.45) is 2.51. The van der Waals surface area contributed by atoms with Gasteiger partial charge in [-0.3, -0.25) is 0 Å². The Labute approximate surface area is 158 Å². The molecule has 1 N–H and O–H groups in total. The smallest absolute Gasteiger partial charge is 0.0875 e. The van der Waals surface area contributed by atoms with Crippen molar-refractivity contribution in [1.82, 2.24) is 0 Å². The van der Waals surface area contributed by atoms with Crippen LogP contribution < -0.4 is 0 Å². The highest BCUT2D eigenvalue weighted by atomic mass is 35.5. The van der Waals surface area contributed by atoms with E-state index < -0.39 is 5.60 Å². The second-order valence-corrected chi connectivity index (χ2v) is 7.85. The normalized spacial score (nSPS) is 13.9. The zero-order valence-corrected chi connectivity index (χ0v) is 16.2. The molecule has 25 heavy (non-hydrogen) atoms. The summed E-state index contributed by atoms with van der Waals surface area (Å²) in [7, 11) is 1.70. The van der Waals surface area contributed by atoms with E-state index in [0.29, 0.717) is 18.1 Å². The Morgan fingerprint density at radius 2 is 1.92 bits per heavy atom. The molecule has 0 aliphatic heterocycles. The molecule has 3 rings (SSSR count). The van der Waals surface area contributed by atoms with Crippen molar-refractivity contribution in [3.05, 3.63) is 58.4 Å². The summed E-state index contributed by atoms with van der Waals surface area (Å²) in [5.74, 6) is 0. The summed E-state index contributed by atoms with van der Waals surface area (Å²) in [5.41, 5.74) is 1.99. The second-order valence-electron chi connectivity index (χ2n) is 6.53. The molecule has 1 unspecified atom stereocenters. The van der Waals surface area contributed by atoms with Gasteiger partial charge in [-0.1, -0.05) is 41.9 Å². The molecule has 132 valence electrons. The van der Waals surface area contributed by atoms with Gasteiger partial charge in [0.1, 0.15) is 0 Å². The number of halogens is 1. The first kappa shape index (κ1) is 18.4. The molecule has 0 radical (unpaired) electrons. The summed E-state index contributed by atoms with van der Waals surface area (Å²) in [5, 5.41) is 15.2. The summed E-state index contributed by atoms with van der Waals surface area (Å²) in [6, 6.07) is 14.1. The van der Waals surface area contributed by atoms with Crippen molar-refractivity contribution in [2.45, 2.75) is 31.8 Å². The van der Waals surface area contributed by atoms with Gasteiger partial charge in [-0.15, -0.1) is 11.3 Å². The Kier molecular flexibility index (Phi) is 5.80. The average Bonchev–Trinajstić information content (AvgIpc) is 3.02. The second kappa shape index (κ2) is 7.88. The molecule has 2 nitrogen and oxygen atoms in total. The fourth-order valence-corrected chi connectivity index (χ4v) is 4.50. The molecule has 3 aromatic rings. The minimum atomic E-state index is -0.934. The van der Waals surface area contributed by atoms with Gasteiger partial charge < -0.3 is 9.84 Å². The Morgan fingerprint density at radius 3 is 2.72 bits per heavy atom. The van der Waals surface area contributed by atoms with Crippen molar-refractivity contribution in [3.63, 3.8) is 0 Å². The predicted octanol–water partition coefficient (Wildman–Crippen LogP) is 6.25. The lowest BCUT2D eigenvalue weighted by atomic mass is 9.85. The third-order valence-electron chi connectivity index (χ3n) is 4.61. The molecule has 0 amide bonds. The van der Waals surface area contributed by atoms with Crippen LogP contribution in [0.4, 0.5) is 0 Å². The fourth-order valence-electron chi connectivity index (χ4n) is 3.27. The number of aliphatic hydroxyl groups is 1. The monoisotopic (exact) mass is 374 g/mol. The van der Waals surface area contributed by atoms with Gasteiger partial charge in [-0.25, -0.2) is 0 Å². The van der Waals surface area contributed by atoms with Crippen molar-refractivity contribution < 1.29 is 9.84 Å². The number of methoxy groups -OCH3 is 1. The molecule has 4 heteroatoms. The summed E-state index contributed by atoms with van der Waals surface area (Å²) < 4.78 is 6.34. The first-order chi connectivity index (χ1) is 12.0. The van der Waals surface area contributed by atoms with Gasteiger partial charge in [0.2, 0.25) is 0 Å². The lowest BCUT2D eigenvalue weighted by Gasteiger charge is -2.27. The number of thiophene rings is 1. The molecular weight excluding hydrogens is 352 g/mol. The average molecular weight is 375 g/mol. The van der Waals surface area contributed by atoms with Crippen molar-refractivity contribution >= 4 is 33.0 Å². The first-order valence-corrected chi connectivity index (χ1v) is 9.77. The molecule has 1 heterocycles. The maximum Gasteiger partial charge on any atom is 0.0875 e. The lowest BCUT2D eigenvalue weighted by molar-refractivity contribution is 0.0433. The topological polar surface area (TPSA) is 29.5 Å². The Bertz CT molecular complexity index is 854. The molecule has 0 aliphatic carbocycles. The van der Waals surface area contributed by atoms with Gasteiger partial charge >= 0.3 is 0 Å². The minimum Gasteiger partial charge on any atom is -0.385 e. The van der Waals surface area contributed by atoms with E-state index in [4.69, 9.17) is 16.3 Å². The molecule has 0 aliphatic rings. The van der Waals surface area contributed by atoms with Crippen LogP contribution in [0.2, 0.25) is 5.02 Å². The Hall–Kier alpha value is -1.39. The van der Waals surface area contributed by atoms with E-state index >= 15 is 0 Å². The number of hydrogen-bond acceptors (Lipinski definition) is 3. The van der Waals surface area contributed by atoms with Crippen LogP contribution in [0.15, 0.2) is 47.8 Å². The first-order valence-electron chi connectivity index (χ1n) is 8.51. The van der Waals surface area contributed by atoms with Crippen LogP contribution in [0.3, 0.4) is 0 Å². The van der Waals surface area contributed by atoms with Crippen LogP contribution in [-0.2, 0) is 10.3 Å². The molecule has 0 saturated carbocycles. The van der Waals surface area contributed by atoms with E-state index in [-0.39, 0.29) is 0 Å². The third kappa shape index (κ3) is 3.90. The fraction of sp³-hybridized carbons (Fsp3) is 0.333. The van der Waals surface area contributed by atoms with Crippen LogP contribution in [-0.4, -0.2) is 18.8 Å². The van der Waals surface area contributed by atoms with E-state index in [1.807, 2.05) is 37.3 Å². The van der Waals surface area contributed by atoms with E-state index in [1.165, 1.54) is 10.1 Å². The number of fused-ring (bicyclic) bond motifs is 1. The van der Waals surface area contributed by atoms with Crippen LogP contribution >= 0.6 is 22.9 Å². The minimum absolute atomic E-state index is 0.672. The highest BCUT2D eigenvalue weighted by Crippen LogP contribution is 2.43. The van der Waals surface area contributed by atoms with Crippen molar-refractivity contribution in [2.24, 2.45) is 0 Å². The number of ether oxygens (including phenoxy) is 1. The summed E-state index contributed by atoms with van der Waals surface area (Å²) >= 11 is 8.29. The summed E-state index contributed by atoms with van der Waals surface area (Å²) in [4.78, 5) is 0. The predicted molar refractivity (Wildman–Crippen MR) is 108 cm³/mol. The standard InChI is InChI=1S/C21H23ClO2S/c1-21(23,12-5-6-13-24-2)17-9-7-10-18(22)20(17)16-14-25-19-11-4-3-8-15(16)19/h3-4,7-11,14,23H,5-6,12-13H2,1-2H3. The highest BCUT2D eigenvalue weighted by Gasteiger charge is 2.28. The van der Waals surface area contributed by atoms with Crippen molar-refractivity contribution in [3.8, 4) is 11.1 Å². The van der Waals surface area contributed by atoms with Gasteiger partial charge in [0, 0.05) is 40.0 Å². The molecule has 1 atom stereocenters. The number of benzene rings is 2. The Balaban J connectivity index is 2.03. The molecule has 0 spiro atoms. The molecule has 2 aromatic carbocycles. The maximum absolute atomic E-state index is 11.2. The van der Waals surface area contributed by atoms with Crippen molar-refractivity contribution in [2.75, 3.05) is 13.7 Å². The van der Waals surface area contributed by atoms with Gasteiger partial charge in [0.05, 0.1) is 5.60 Å². The maximum atomic E-state index is 11.2. The van der Waals surface area contributed by atoms with Gasteiger partial charge in [-0.05, 0) is 49.3 Å². The number of rotatable bonds is 7. The van der Waals surface area contributed by atoms with Crippen LogP contribution in [0.25, 0.3) is 21.2 Å². The van der Waals surface area contributed by atoms with Crippen LogP contribution in [0.1, 0.15) is 31.7 Å². The van der Waals surface area contributed by atoms with E-state index in [9.17, 15) is 5.11 Å². The largest absolute Gasteiger partial charge is 0.385 e. The lowest BCUT2D eigenvalue weighted by Crippen LogP contribution is -2.22.